The summed E-state index contributed by atoms with van der Waals surface area (Å²) < 4.78 is 10.4. The average Bonchev–Trinajstić information content (AvgIpc) is 2.61. The molecule has 25 heavy (non-hydrogen) atoms. The number of aliphatic hydroxyl groups is 1. The summed E-state index contributed by atoms with van der Waals surface area (Å²) in [6.45, 7) is -0.226. The minimum Gasteiger partial charge on any atom is -0.497 e. The Bertz CT molecular complexity index is 737. The molecule has 0 heterocycles. The van der Waals surface area contributed by atoms with Gasteiger partial charge in [-0.25, -0.2) is 0 Å². The van der Waals surface area contributed by atoms with Crippen LogP contribution in [0.5, 0.6) is 11.5 Å². The van der Waals surface area contributed by atoms with Gasteiger partial charge in [-0.05, 0) is 23.8 Å². The number of halogens is 3. The number of carbonyl (C=O) groups is 1. The van der Waals surface area contributed by atoms with Crippen LogP contribution in [-0.2, 0) is 4.79 Å². The zero-order valence-electron chi connectivity index (χ0n) is 13.3. The zero-order chi connectivity index (χ0) is 18.4. The summed E-state index contributed by atoms with van der Waals surface area (Å²) in [7, 11) is 1.56. The highest BCUT2D eigenvalue weighted by molar-refractivity contribution is 6.43. The van der Waals surface area contributed by atoms with E-state index in [9.17, 15) is 9.90 Å². The van der Waals surface area contributed by atoms with Crippen molar-refractivity contribution in [2.75, 3.05) is 20.3 Å². The fourth-order valence-electron chi connectivity index (χ4n) is 1.96. The van der Waals surface area contributed by atoms with E-state index in [2.05, 4.69) is 5.32 Å². The van der Waals surface area contributed by atoms with Gasteiger partial charge in [0.25, 0.3) is 5.91 Å². The van der Waals surface area contributed by atoms with E-state index in [4.69, 9.17) is 44.3 Å². The first-order valence-electron chi connectivity index (χ1n) is 7.26. The van der Waals surface area contributed by atoms with Crippen molar-refractivity contribution in [3.8, 4) is 11.5 Å². The molecule has 0 spiro atoms. The Morgan fingerprint density at radius 1 is 1.12 bits per heavy atom. The first kappa shape index (κ1) is 19.7. The van der Waals surface area contributed by atoms with Crippen LogP contribution in [0.3, 0.4) is 0 Å². The number of carbonyl (C=O) groups excluding carboxylic acids is 1. The predicted molar refractivity (Wildman–Crippen MR) is 97.9 cm³/mol. The summed E-state index contributed by atoms with van der Waals surface area (Å²) in [6.07, 6.45) is -0.844. The molecule has 134 valence electrons. The van der Waals surface area contributed by atoms with Crippen molar-refractivity contribution in [3.63, 3.8) is 0 Å². The van der Waals surface area contributed by atoms with Crippen LogP contribution in [0.1, 0.15) is 11.7 Å². The number of hydrogen-bond acceptors (Lipinski definition) is 4. The van der Waals surface area contributed by atoms with E-state index in [1.807, 2.05) is 0 Å². The van der Waals surface area contributed by atoms with Crippen LogP contribution in [0.25, 0.3) is 0 Å². The molecule has 0 radical (unpaired) electrons. The molecule has 8 heteroatoms. The third-order valence-corrected chi connectivity index (χ3v) is 4.34. The van der Waals surface area contributed by atoms with Gasteiger partial charge in [-0.3, -0.25) is 4.79 Å². The van der Waals surface area contributed by atoms with E-state index in [0.717, 1.165) is 0 Å². The number of benzene rings is 2. The Morgan fingerprint density at radius 2 is 1.76 bits per heavy atom. The van der Waals surface area contributed by atoms with E-state index in [0.29, 0.717) is 16.3 Å². The molecule has 0 bridgehead atoms. The Kier molecular flexibility index (Phi) is 7.20. The SMILES string of the molecule is COc1ccc(C(O)CNC(=O)COc2cc(Cl)c(Cl)cc2Cl)cc1. The first-order chi connectivity index (χ1) is 11.9. The van der Waals surface area contributed by atoms with Crippen molar-refractivity contribution in [2.24, 2.45) is 0 Å². The number of methoxy groups -OCH3 is 1. The van der Waals surface area contributed by atoms with Crippen molar-refractivity contribution in [1.29, 1.82) is 0 Å². The minimum atomic E-state index is -0.844. The van der Waals surface area contributed by atoms with Crippen LogP contribution in [0, 0.1) is 0 Å². The molecule has 0 fully saturated rings. The van der Waals surface area contributed by atoms with Crippen LogP contribution >= 0.6 is 34.8 Å². The molecule has 2 aromatic rings. The quantitative estimate of drug-likeness (QED) is 0.687. The number of ether oxygens (including phenoxy) is 2. The van der Waals surface area contributed by atoms with Gasteiger partial charge < -0.3 is 19.9 Å². The topological polar surface area (TPSA) is 67.8 Å². The molecule has 1 amide bonds. The molecular weight excluding hydrogens is 389 g/mol. The first-order valence-corrected chi connectivity index (χ1v) is 8.40. The maximum atomic E-state index is 11.8. The van der Waals surface area contributed by atoms with Gasteiger partial charge in [0.2, 0.25) is 0 Å². The van der Waals surface area contributed by atoms with Gasteiger partial charge in [0.05, 0.1) is 28.3 Å². The third-order valence-electron chi connectivity index (χ3n) is 3.33. The Hall–Kier alpha value is -1.66. The van der Waals surface area contributed by atoms with Gasteiger partial charge in [-0.1, -0.05) is 46.9 Å². The summed E-state index contributed by atoms with van der Waals surface area (Å²) in [5, 5.41) is 13.5. The van der Waals surface area contributed by atoms with Crippen LogP contribution < -0.4 is 14.8 Å². The predicted octanol–water partition coefficient (Wildman–Crippen LogP) is 3.88. The highest BCUT2D eigenvalue weighted by atomic mass is 35.5. The van der Waals surface area contributed by atoms with Crippen LogP contribution in [0.2, 0.25) is 15.1 Å². The molecule has 1 unspecified atom stereocenters. The molecule has 0 saturated heterocycles. The second-order valence-corrected chi connectivity index (χ2v) is 6.30. The van der Waals surface area contributed by atoms with Gasteiger partial charge in [0.1, 0.15) is 11.5 Å². The fraction of sp³-hybridized carbons (Fsp3) is 0.235. The smallest absolute Gasteiger partial charge is 0.258 e. The molecule has 0 aliphatic carbocycles. The Labute approximate surface area is 160 Å². The maximum absolute atomic E-state index is 11.8. The molecule has 2 N–H and O–H groups in total. The summed E-state index contributed by atoms with van der Waals surface area (Å²) >= 11 is 17.7. The lowest BCUT2D eigenvalue weighted by molar-refractivity contribution is -0.123. The summed E-state index contributed by atoms with van der Waals surface area (Å²) in [5.41, 5.74) is 0.662. The van der Waals surface area contributed by atoms with Gasteiger partial charge >= 0.3 is 0 Å². The van der Waals surface area contributed by atoms with E-state index in [1.54, 1.807) is 31.4 Å². The molecule has 2 aromatic carbocycles. The monoisotopic (exact) mass is 403 g/mol. The van der Waals surface area contributed by atoms with E-state index in [1.165, 1.54) is 12.1 Å². The van der Waals surface area contributed by atoms with Crippen LogP contribution in [0.4, 0.5) is 0 Å². The second-order valence-electron chi connectivity index (χ2n) is 5.08. The summed E-state index contributed by atoms with van der Waals surface area (Å²) in [6, 6.07) is 9.78. The lowest BCUT2D eigenvalue weighted by atomic mass is 10.1. The van der Waals surface area contributed by atoms with Crippen LogP contribution in [-0.4, -0.2) is 31.3 Å². The molecule has 0 aliphatic rings. The Balaban J connectivity index is 1.83. The normalized spacial score (nSPS) is 11.7. The standard InChI is InChI=1S/C17H16Cl3NO4/c1-24-11-4-2-10(3-5-11)15(22)8-21-17(23)9-25-16-7-13(19)12(18)6-14(16)20/h2-7,15,22H,8-9H2,1H3,(H,21,23). The number of hydrogen-bond donors (Lipinski definition) is 2. The molecular formula is C17H16Cl3NO4. The van der Waals surface area contributed by atoms with E-state index in [-0.39, 0.29) is 28.9 Å². The largest absolute Gasteiger partial charge is 0.497 e. The second kappa shape index (κ2) is 9.15. The van der Waals surface area contributed by atoms with Crippen LogP contribution in [0.15, 0.2) is 36.4 Å². The van der Waals surface area contributed by atoms with Crippen molar-refractivity contribution < 1.29 is 19.4 Å². The van der Waals surface area contributed by atoms with Crippen molar-refractivity contribution in [1.82, 2.24) is 5.32 Å². The van der Waals surface area contributed by atoms with Gasteiger partial charge in [0.15, 0.2) is 6.61 Å². The van der Waals surface area contributed by atoms with Crippen molar-refractivity contribution >= 4 is 40.7 Å². The van der Waals surface area contributed by atoms with Gasteiger partial charge in [-0.2, -0.15) is 0 Å². The molecule has 5 nitrogen and oxygen atoms in total. The highest BCUT2D eigenvalue weighted by Gasteiger charge is 2.12. The Morgan fingerprint density at radius 3 is 2.40 bits per heavy atom. The molecule has 1 atom stereocenters. The van der Waals surface area contributed by atoms with Crippen molar-refractivity contribution in [2.45, 2.75) is 6.10 Å². The fourth-order valence-corrected chi connectivity index (χ4v) is 2.56. The van der Waals surface area contributed by atoms with Crippen molar-refractivity contribution in [3.05, 3.63) is 57.0 Å². The summed E-state index contributed by atoms with van der Waals surface area (Å²) in [4.78, 5) is 11.8. The number of aliphatic hydroxyl groups excluding tert-OH is 1. The zero-order valence-corrected chi connectivity index (χ0v) is 15.5. The average molecular weight is 405 g/mol. The lowest BCUT2D eigenvalue weighted by Gasteiger charge is -2.13. The molecule has 2 rings (SSSR count). The molecule has 0 aromatic heterocycles. The van der Waals surface area contributed by atoms with Gasteiger partial charge in [-0.15, -0.1) is 0 Å². The number of rotatable bonds is 7. The van der Waals surface area contributed by atoms with E-state index < -0.39 is 12.0 Å². The van der Waals surface area contributed by atoms with E-state index >= 15 is 0 Å². The molecule has 0 aliphatic heterocycles. The maximum Gasteiger partial charge on any atom is 0.258 e. The lowest BCUT2D eigenvalue weighted by Crippen LogP contribution is -2.32. The van der Waals surface area contributed by atoms with Gasteiger partial charge in [0, 0.05) is 12.6 Å². The summed E-state index contributed by atoms with van der Waals surface area (Å²) in [5.74, 6) is 0.531. The minimum absolute atomic E-state index is 0.0453. The number of nitrogens with one attached hydrogen (secondary N) is 1. The molecule has 0 saturated carbocycles. The number of amides is 1. The highest BCUT2D eigenvalue weighted by Crippen LogP contribution is 2.33. The third kappa shape index (κ3) is 5.68.